The third-order valence-corrected chi connectivity index (χ3v) is 1.81. The molecule has 1 rings (SSSR count). The summed E-state index contributed by atoms with van der Waals surface area (Å²) in [6, 6.07) is 0. The maximum atomic E-state index is 10.8. The first-order valence-corrected chi connectivity index (χ1v) is 2.98. The third kappa shape index (κ3) is 0.920. The van der Waals surface area contributed by atoms with Crippen molar-refractivity contribution < 1.29 is 9.53 Å². The Balaban J connectivity index is 2.49. The van der Waals surface area contributed by atoms with Crippen LogP contribution in [0.5, 0.6) is 0 Å². The summed E-state index contributed by atoms with van der Waals surface area (Å²) >= 11 is 0. The number of esters is 1. The standard InChI is InChI=1S/C6H10NO2/c1-9-5(8)6(4-7)2-3-6/h7H,2-4H2,1H3. The molecule has 0 heterocycles. The Morgan fingerprint density at radius 1 is 1.78 bits per heavy atom. The highest BCUT2D eigenvalue weighted by Gasteiger charge is 2.49. The van der Waals surface area contributed by atoms with Gasteiger partial charge in [0.2, 0.25) is 0 Å². The lowest BCUT2D eigenvalue weighted by Crippen LogP contribution is -2.21. The fourth-order valence-corrected chi connectivity index (χ4v) is 0.820. The Hall–Kier alpha value is -0.570. The number of carbonyl (C=O) groups excluding carboxylic acids is 1. The highest BCUT2D eigenvalue weighted by Crippen LogP contribution is 2.45. The normalized spacial score (nSPS) is 21.1. The van der Waals surface area contributed by atoms with E-state index in [9.17, 15) is 4.79 Å². The second-order valence-corrected chi connectivity index (χ2v) is 2.45. The van der Waals surface area contributed by atoms with Crippen LogP contribution in [0, 0.1) is 5.41 Å². The summed E-state index contributed by atoms with van der Waals surface area (Å²) in [6.07, 6.45) is 1.67. The Morgan fingerprint density at radius 2 is 2.33 bits per heavy atom. The molecule has 1 aliphatic rings. The lowest BCUT2D eigenvalue weighted by atomic mass is 10.1. The van der Waals surface area contributed by atoms with Gasteiger partial charge in [0, 0.05) is 6.54 Å². The Kier molecular flexibility index (Phi) is 1.45. The van der Waals surface area contributed by atoms with E-state index in [-0.39, 0.29) is 12.5 Å². The van der Waals surface area contributed by atoms with Crippen LogP contribution in [0.2, 0.25) is 0 Å². The summed E-state index contributed by atoms with van der Waals surface area (Å²) in [5.74, 6) is -0.211. The average molecular weight is 128 g/mol. The van der Waals surface area contributed by atoms with Crippen LogP contribution in [0.4, 0.5) is 0 Å². The van der Waals surface area contributed by atoms with E-state index in [2.05, 4.69) is 4.74 Å². The first kappa shape index (κ1) is 6.55. The van der Waals surface area contributed by atoms with Crippen molar-refractivity contribution in [2.24, 2.45) is 5.41 Å². The Labute approximate surface area is 54.2 Å². The van der Waals surface area contributed by atoms with Crippen LogP contribution in [-0.2, 0) is 9.53 Å². The number of nitrogens with one attached hydrogen (secondary N) is 1. The van der Waals surface area contributed by atoms with Crippen LogP contribution in [0.1, 0.15) is 12.8 Å². The molecule has 0 bridgehead atoms. The van der Waals surface area contributed by atoms with Crippen LogP contribution in [-0.4, -0.2) is 19.6 Å². The molecule has 0 spiro atoms. The van der Waals surface area contributed by atoms with Crippen LogP contribution in [0.3, 0.4) is 0 Å². The highest BCUT2D eigenvalue weighted by molar-refractivity contribution is 5.79. The minimum atomic E-state index is -0.394. The average Bonchev–Trinajstić information content (AvgIpc) is 2.66. The van der Waals surface area contributed by atoms with Crippen LogP contribution >= 0.6 is 0 Å². The maximum Gasteiger partial charge on any atom is 0.313 e. The zero-order valence-corrected chi connectivity index (χ0v) is 5.44. The van der Waals surface area contributed by atoms with Gasteiger partial charge in [-0.2, -0.15) is 0 Å². The van der Waals surface area contributed by atoms with Gasteiger partial charge in [-0.1, -0.05) is 0 Å². The number of ether oxygens (including phenoxy) is 1. The summed E-state index contributed by atoms with van der Waals surface area (Å²) in [6.45, 7) is 0.180. The van der Waals surface area contributed by atoms with Crippen molar-refractivity contribution in [1.29, 1.82) is 0 Å². The van der Waals surface area contributed by atoms with E-state index in [0.29, 0.717) is 0 Å². The van der Waals surface area contributed by atoms with Gasteiger partial charge in [-0.3, -0.25) is 10.5 Å². The van der Waals surface area contributed by atoms with Gasteiger partial charge in [0.05, 0.1) is 12.5 Å². The molecule has 0 amide bonds. The predicted octanol–water partition coefficient (Wildman–Crippen LogP) is 0.222. The van der Waals surface area contributed by atoms with Gasteiger partial charge in [-0.25, -0.2) is 0 Å². The molecule has 0 aliphatic heterocycles. The molecule has 3 heteroatoms. The Morgan fingerprint density at radius 3 is 2.44 bits per heavy atom. The maximum absolute atomic E-state index is 10.8. The molecule has 0 saturated heterocycles. The summed E-state index contributed by atoms with van der Waals surface area (Å²) in [4.78, 5) is 10.8. The molecule has 0 unspecified atom stereocenters. The molecule has 1 saturated carbocycles. The van der Waals surface area contributed by atoms with E-state index in [0.717, 1.165) is 12.8 Å². The zero-order chi connectivity index (χ0) is 6.91. The van der Waals surface area contributed by atoms with E-state index in [1.807, 2.05) is 0 Å². The first-order chi connectivity index (χ1) is 4.25. The minimum Gasteiger partial charge on any atom is -0.469 e. The molecular weight excluding hydrogens is 118 g/mol. The topological polar surface area (TPSA) is 50.1 Å². The second kappa shape index (κ2) is 1.99. The van der Waals surface area contributed by atoms with Gasteiger partial charge < -0.3 is 4.74 Å². The van der Waals surface area contributed by atoms with Gasteiger partial charge in [-0.05, 0) is 12.8 Å². The van der Waals surface area contributed by atoms with E-state index < -0.39 is 5.41 Å². The van der Waals surface area contributed by atoms with Gasteiger partial charge in [-0.15, -0.1) is 0 Å². The lowest BCUT2D eigenvalue weighted by molar-refractivity contribution is -0.146. The Bertz CT molecular complexity index is 129. The van der Waals surface area contributed by atoms with Crippen LogP contribution < -0.4 is 5.73 Å². The molecule has 0 aromatic heterocycles. The first-order valence-electron chi connectivity index (χ1n) is 2.98. The van der Waals surface area contributed by atoms with Crippen LogP contribution in [0.25, 0.3) is 0 Å². The molecule has 9 heavy (non-hydrogen) atoms. The van der Waals surface area contributed by atoms with E-state index in [1.165, 1.54) is 7.11 Å². The predicted molar refractivity (Wildman–Crippen MR) is 31.6 cm³/mol. The number of rotatable bonds is 2. The van der Waals surface area contributed by atoms with Crippen molar-refractivity contribution in [3.63, 3.8) is 0 Å². The van der Waals surface area contributed by atoms with Gasteiger partial charge in [0.15, 0.2) is 0 Å². The fraction of sp³-hybridized carbons (Fsp3) is 0.833. The summed E-state index contributed by atoms with van der Waals surface area (Å²) in [7, 11) is 1.37. The molecular formula is C6H10NO2. The number of carbonyl (C=O) groups is 1. The van der Waals surface area contributed by atoms with Crippen molar-refractivity contribution in [3.05, 3.63) is 0 Å². The van der Waals surface area contributed by atoms with Gasteiger partial charge in [0.1, 0.15) is 0 Å². The zero-order valence-electron chi connectivity index (χ0n) is 5.44. The fourth-order valence-electron chi connectivity index (χ4n) is 0.820. The monoisotopic (exact) mass is 128 g/mol. The highest BCUT2D eigenvalue weighted by atomic mass is 16.5. The SMILES string of the molecule is COC(=O)C1(C[NH])CC1. The molecule has 1 N–H and O–H groups in total. The lowest BCUT2D eigenvalue weighted by Gasteiger charge is -2.06. The summed E-state index contributed by atoms with van der Waals surface area (Å²) in [5.41, 5.74) is 6.61. The van der Waals surface area contributed by atoms with Crippen molar-refractivity contribution >= 4 is 5.97 Å². The summed E-state index contributed by atoms with van der Waals surface area (Å²) < 4.78 is 4.51. The molecule has 1 radical (unpaired) electrons. The third-order valence-electron chi connectivity index (χ3n) is 1.81. The second-order valence-electron chi connectivity index (χ2n) is 2.45. The van der Waals surface area contributed by atoms with E-state index in [4.69, 9.17) is 5.73 Å². The molecule has 51 valence electrons. The molecule has 1 fully saturated rings. The molecule has 0 aromatic rings. The number of hydrogen-bond donors (Lipinski definition) is 0. The summed E-state index contributed by atoms with van der Waals surface area (Å²) in [5, 5.41) is 0. The molecule has 0 atom stereocenters. The number of methoxy groups -OCH3 is 1. The van der Waals surface area contributed by atoms with Gasteiger partial charge in [0.25, 0.3) is 0 Å². The van der Waals surface area contributed by atoms with Crippen molar-refractivity contribution in [2.75, 3.05) is 13.7 Å². The molecule has 3 nitrogen and oxygen atoms in total. The number of hydrogen-bond acceptors (Lipinski definition) is 2. The van der Waals surface area contributed by atoms with E-state index in [1.54, 1.807) is 0 Å². The molecule has 1 aliphatic carbocycles. The van der Waals surface area contributed by atoms with E-state index >= 15 is 0 Å². The smallest absolute Gasteiger partial charge is 0.313 e. The van der Waals surface area contributed by atoms with Crippen molar-refractivity contribution in [1.82, 2.24) is 5.73 Å². The van der Waals surface area contributed by atoms with Crippen molar-refractivity contribution in [3.8, 4) is 0 Å². The largest absolute Gasteiger partial charge is 0.469 e. The minimum absolute atomic E-state index is 0.180. The quantitative estimate of drug-likeness (QED) is 0.499. The molecule has 0 aromatic carbocycles. The van der Waals surface area contributed by atoms with Crippen LogP contribution in [0.15, 0.2) is 0 Å². The van der Waals surface area contributed by atoms with Crippen molar-refractivity contribution in [2.45, 2.75) is 12.8 Å². The van der Waals surface area contributed by atoms with Gasteiger partial charge >= 0.3 is 5.97 Å².